The molecule has 1 N–H and O–H groups in total. The molecule has 0 unspecified atom stereocenters. The Labute approximate surface area is 127 Å². The summed E-state index contributed by atoms with van der Waals surface area (Å²) >= 11 is 0. The molecule has 0 bridgehead atoms. The molecule has 0 atom stereocenters. The summed E-state index contributed by atoms with van der Waals surface area (Å²) in [6.45, 7) is 8.97. The van der Waals surface area contributed by atoms with E-state index in [9.17, 15) is 9.59 Å². The lowest BCUT2D eigenvalue weighted by molar-refractivity contribution is -0.129. The second kappa shape index (κ2) is 5.85. The smallest absolute Gasteiger partial charge is 0.410 e. The lowest BCUT2D eigenvalue weighted by atomic mass is 9.82. The number of likely N-dealkylation sites (tertiary alicyclic amines) is 1. The summed E-state index contributed by atoms with van der Waals surface area (Å²) in [5, 5.41) is 3.19. The molecule has 1 aliphatic carbocycles. The minimum absolute atomic E-state index is 0.189. The molecular weight excluding hydrogens is 268 g/mol. The van der Waals surface area contributed by atoms with Gasteiger partial charge < -0.3 is 15.0 Å². The predicted octanol–water partition coefficient (Wildman–Crippen LogP) is 2.69. The van der Waals surface area contributed by atoms with Gasteiger partial charge in [0.25, 0.3) is 0 Å². The van der Waals surface area contributed by atoms with Crippen LogP contribution < -0.4 is 5.32 Å². The van der Waals surface area contributed by atoms with Gasteiger partial charge in [0.05, 0.1) is 0 Å². The molecule has 1 saturated carbocycles. The fourth-order valence-electron chi connectivity index (χ4n) is 2.70. The van der Waals surface area contributed by atoms with E-state index in [-0.39, 0.29) is 23.5 Å². The van der Waals surface area contributed by atoms with Gasteiger partial charge in [-0.2, -0.15) is 0 Å². The predicted molar refractivity (Wildman–Crippen MR) is 80.9 cm³/mol. The zero-order chi connectivity index (χ0) is 15.7. The van der Waals surface area contributed by atoms with Crippen molar-refractivity contribution in [3.63, 3.8) is 0 Å². The van der Waals surface area contributed by atoms with Crippen LogP contribution in [0, 0.1) is 5.92 Å². The van der Waals surface area contributed by atoms with Crippen LogP contribution in [0.2, 0.25) is 0 Å². The highest BCUT2D eigenvalue weighted by Crippen LogP contribution is 2.29. The standard InChI is InChI=1S/C16H28N2O3/c1-15(2,3)21-14(20)18-10-8-16(4,9-11-18)17-13(19)12-6-5-7-12/h12H,5-11H2,1-4H3,(H,17,19). The van der Waals surface area contributed by atoms with Gasteiger partial charge in [0, 0.05) is 24.5 Å². The number of ether oxygens (including phenoxy) is 1. The monoisotopic (exact) mass is 296 g/mol. The largest absolute Gasteiger partial charge is 0.444 e. The summed E-state index contributed by atoms with van der Waals surface area (Å²) < 4.78 is 5.39. The second-order valence-corrected chi connectivity index (χ2v) is 7.65. The number of piperidine rings is 1. The Morgan fingerprint density at radius 2 is 1.76 bits per heavy atom. The van der Waals surface area contributed by atoms with Crippen molar-refractivity contribution in [3.8, 4) is 0 Å². The van der Waals surface area contributed by atoms with Gasteiger partial charge in [-0.25, -0.2) is 4.79 Å². The maximum Gasteiger partial charge on any atom is 0.410 e. The van der Waals surface area contributed by atoms with E-state index < -0.39 is 5.60 Å². The van der Waals surface area contributed by atoms with Crippen molar-refractivity contribution in [2.24, 2.45) is 5.92 Å². The number of rotatable bonds is 2. The molecule has 0 spiro atoms. The Hall–Kier alpha value is -1.26. The van der Waals surface area contributed by atoms with E-state index in [2.05, 4.69) is 12.2 Å². The van der Waals surface area contributed by atoms with Gasteiger partial charge in [0.1, 0.15) is 5.60 Å². The van der Waals surface area contributed by atoms with E-state index in [4.69, 9.17) is 4.74 Å². The third-order valence-corrected chi connectivity index (χ3v) is 4.42. The van der Waals surface area contributed by atoms with Gasteiger partial charge in [-0.1, -0.05) is 6.42 Å². The highest BCUT2D eigenvalue weighted by Gasteiger charge is 2.36. The van der Waals surface area contributed by atoms with Gasteiger partial charge in [-0.15, -0.1) is 0 Å². The number of carbonyl (C=O) groups excluding carboxylic acids is 2. The van der Waals surface area contributed by atoms with Crippen LogP contribution >= 0.6 is 0 Å². The lowest BCUT2D eigenvalue weighted by Crippen LogP contribution is -2.56. The second-order valence-electron chi connectivity index (χ2n) is 7.65. The van der Waals surface area contributed by atoms with Crippen molar-refractivity contribution in [3.05, 3.63) is 0 Å². The molecule has 0 radical (unpaired) electrons. The SMILES string of the molecule is CC1(NC(=O)C2CCC2)CCN(C(=O)OC(C)(C)C)CC1. The van der Waals surface area contributed by atoms with E-state index in [1.807, 2.05) is 20.8 Å². The van der Waals surface area contributed by atoms with Gasteiger partial charge in [0.15, 0.2) is 0 Å². The first-order chi connectivity index (χ1) is 9.69. The molecule has 0 aromatic heterocycles. The number of hydrogen-bond acceptors (Lipinski definition) is 3. The Kier molecular flexibility index (Phi) is 4.49. The zero-order valence-electron chi connectivity index (χ0n) is 13.7. The summed E-state index contributed by atoms with van der Waals surface area (Å²) in [5.74, 6) is 0.403. The molecule has 0 aromatic rings. The summed E-state index contributed by atoms with van der Waals surface area (Å²) in [6, 6.07) is 0. The quantitative estimate of drug-likeness (QED) is 0.852. The van der Waals surface area contributed by atoms with Crippen LogP contribution in [-0.2, 0) is 9.53 Å². The van der Waals surface area contributed by atoms with Gasteiger partial charge >= 0.3 is 6.09 Å². The number of hydrogen-bond donors (Lipinski definition) is 1. The molecule has 21 heavy (non-hydrogen) atoms. The Morgan fingerprint density at radius 3 is 2.19 bits per heavy atom. The Balaban J connectivity index is 1.81. The average Bonchev–Trinajstić information content (AvgIpc) is 2.23. The van der Waals surface area contributed by atoms with Crippen molar-refractivity contribution in [1.82, 2.24) is 10.2 Å². The first-order valence-electron chi connectivity index (χ1n) is 7.98. The number of carbonyl (C=O) groups is 2. The van der Waals surface area contributed by atoms with Crippen LogP contribution in [0.1, 0.15) is 59.8 Å². The molecule has 2 amide bonds. The van der Waals surface area contributed by atoms with E-state index >= 15 is 0 Å². The van der Waals surface area contributed by atoms with E-state index in [0.29, 0.717) is 13.1 Å². The topological polar surface area (TPSA) is 58.6 Å². The van der Waals surface area contributed by atoms with Crippen LogP contribution in [0.5, 0.6) is 0 Å². The molecule has 2 rings (SSSR count). The molecule has 1 saturated heterocycles. The van der Waals surface area contributed by atoms with Crippen LogP contribution in [0.3, 0.4) is 0 Å². The summed E-state index contributed by atoms with van der Waals surface area (Å²) in [6.07, 6.45) is 4.52. The fourth-order valence-corrected chi connectivity index (χ4v) is 2.70. The van der Waals surface area contributed by atoms with Crippen LogP contribution in [0.15, 0.2) is 0 Å². The minimum Gasteiger partial charge on any atom is -0.444 e. The Bertz CT molecular complexity index is 402. The molecule has 1 aliphatic heterocycles. The van der Waals surface area contributed by atoms with E-state index in [1.54, 1.807) is 4.90 Å². The summed E-state index contributed by atoms with van der Waals surface area (Å²) in [7, 11) is 0. The highest BCUT2D eigenvalue weighted by molar-refractivity contribution is 5.80. The van der Waals surface area contributed by atoms with Gasteiger partial charge in [-0.05, 0) is 53.4 Å². The lowest BCUT2D eigenvalue weighted by Gasteiger charge is -2.41. The zero-order valence-corrected chi connectivity index (χ0v) is 13.7. The highest BCUT2D eigenvalue weighted by atomic mass is 16.6. The van der Waals surface area contributed by atoms with E-state index in [0.717, 1.165) is 25.7 Å². The molecule has 1 heterocycles. The molecule has 120 valence electrons. The number of amides is 2. The van der Waals surface area contributed by atoms with Crippen molar-refractivity contribution in [2.45, 2.75) is 70.9 Å². The van der Waals surface area contributed by atoms with Crippen molar-refractivity contribution in [1.29, 1.82) is 0 Å². The van der Waals surface area contributed by atoms with Gasteiger partial charge in [0.2, 0.25) is 5.91 Å². The average molecular weight is 296 g/mol. The number of nitrogens with one attached hydrogen (secondary N) is 1. The number of nitrogens with zero attached hydrogens (tertiary/aromatic N) is 1. The Morgan fingerprint density at radius 1 is 1.19 bits per heavy atom. The van der Waals surface area contributed by atoms with Crippen molar-refractivity contribution < 1.29 is 14.3 Å². The van der Waals surface area contributed by atoms with Crippen LogP contribution in [-0.4, -0.2) is 41.1 Å². The normalized spacial score (nSPS) is 22.4. The molecule has 2 aliphatic rings. The molecule has 5 nitrogen and oxygen atoms in total. The fraction of sp³-hybridized carbons (Fsp3) is 0.875. The summed E-state index contributed by atoms with van der Waals surface area (Å²) in [5.41, 5.74) is -0.651. The minimum atomic E-state index is -0.462. The maximum absolute atomic E-state index is 12.1. The molecular formula is C16H28N2O3. The van der Waals surface area contributed by atoms with Crippen LogP contribution in [0.25, 0.3) is 0 Å². The van der Waals surface area contributed by atoms with Crippen molar-refractivity contribution >= 4 is 12.0 Å². The first kappa shape index (κ1) is 16.1. The van der Waals surface area contributed by atoms with Gasteiger partial charge in [-0.3, -0.25) is 4.79 Å². The first-order valence-corrected chi connectivity index (χ1v) is 7.98. The molecule has 5 heteroatoms. The third kappa shape index (κ3) is 4.35. The maximum atomic E-state index is 12.1. The molecule has 2 fully saturated rings. The van der Waals surface area contributed by atoms with Crippen molar-refractivity contribution in [2.75, 3.05) is 13.1 Å². The third-order valence-electron chi connectivity index (χ3n) is 4.42. The molecule has 0 aromatic carbocycles. The van der Waals surface area contributed by atoms with Crippen LogP contribution in [0.4, 0.5) is 4.79 Å². The summed E-state index contributed by atoms with van der Waals surface area (Å²) in [4.78, 5) is 25.9. The van der Waals surface area contributed by atoms with E-state index in [1.165, 1.54) is 6.42 Å².